The Balaban J connectivity index is 1.66. The summed E-state index contributed by atoms with van der Waals surface area (Å²) < 4.78 is 0. The summed E-state index contributed by atoms with van der Waals surface area (Å²) in [4.78, 5) is 0. The van der Waals surface area contributed by atoms with E-state index in [4.69, 9.17) is 0 Å². The first-order valence-electron chi connectivity index (χ1n) is 6.47. The van der Waals surface area contributed by atoms with Gasteiger partial charge in [0.25, 0.3) is 0 Å². The summed E-state index contributed by atoms with van der Waals surface area (Å²) in [5.74, 6) is 3.42. The van der Waals surface area contributed by atoms with Gasteiger partial charge in [-0.1, -0.05) is 0 Å². The van der Waals surface area contributed by atoms with Gasteiger partial charge in [0.1, 0.15) is 0 Å². The quantitative estimate of drug-likeness (QED) is 0.677. The Bertz CT molecular complexity index is 209. The minimum Gasteiger partial charge on any atom is -0.320 e. The number of nitrogens with one attached hydrogen (secondary N) is 1. The molecule has 0 amide bonds. The van der Waals surface area contributed by atoms with Gasteiger partial charge in [-0.05, 0) is 81.7 Å². The van der Waals surface area contributed by atoms with Crippen molar-refractivity contribution < 1.29 is 0 Å². The minimum atomic E-state index is 0.838. The molecular formula is C13H23N. The zero-order chi connectivity index (χ0) is 9.60. The van der Waals surface area contributed by atoms with Gasteiger partial charge in [-0.15, -0.1) is 0 Å². The fraction of sp³-hybridized carbons (Fsp3) is 1.00. The standard InChI is InChI=1S/C13H23N/c1-14-4-2-3-13-8-10-5-11(9-13)7-12(13)6-10/h10-12,14H,2-9H2,1H3. The molecule has 4 bridgehead atoms. The molecular weight excluding hydrogens is 170 g/mol. The molecule has 4 aliphatic carbocycles. The summed E-state index contributed by atoms with van der Waals surface area (Å²) >= 11 is 0. The summed E-state index contributed by atoms with van der Waals surface area (Å²) in [5.41, 5.74) is 0.838. The molecule has 4 saturated carbocycles. The SMILES string of the molecule is CNCCCC12CC3CC(CC1C3)C2. The highest BCUT2D eigenvalue weighted by Crippen LogP contribution is 2.66. The molecule has 0 aromatic carbocycles. The van der Waals surface area contributed by atoms with Gasteiger partial charge in [0, 0.05) is 0 Å². The fourth-order valence-electron chi connectivity index (χ4n) is 4.99. The first-order chi connectivity index (χ1) is 6.82. The van der Waals surface area contributed by atoms with E-state index >= 15 is 0 Å². The third-order valence-corrected chi connectivity index (χ3v) is 5.26. The number of rotatable bonds is 4. The van der Waals surface area contributed by atoms with Gasteiger partial charge in [-0.3, -0.25) is 0 Å². The molecule has 1 nitrogen and oxygen atoms in total. The molecule has 0 radical (unpaired) electrons. The van der Waals surface area contributed by atoms with E-state index in [9.17, 15) is 0 Å². The first kappa shape index (κ1) is 9.21. The van der Waals surface area contributed by atoms with Crippen molar-refractivity contribution in [3.63, 3.8) is 0 Å². The summed E-state index contributed by atoms with van der Waals surface area (Å²) in [6.45, 7) is 1.23. The largest absolute Gasteiger partial charge is 0.320 e. The van der Waals surface area contributed by atoms with Crippen molar-refractivity contribution in [1.29, 1.82) is 0 Å². The maximum absolute atomic E-state index is 3.29. The fourth-order valence-corrected chi connectivity index (χ4v) is 4.99. The molecule has 4 aliphatic rings. The zero-order valence-electron chi connectivity index (χ0n) is 9.39. The molecule has 0 aliphatic heterocycles. The lowest BCUT2D eigenvalue weighted by Crippen LogP contribution is -2.24. The van der Waals surface area contributed by atoms with Crippen molar-refractivity contribution in [3.05, 3.63) is 0 Å². The van der Waals surface area contributed by atoms with Crippen molar-refractivity contribution in [3.8, 4) is 0 Å². The van der Waals surface area contributed by atoms with E-state index in [1.54, 1.807) is 32.1 Å². The average Bonchev–Trinajstić information content (AvgIpc) is 2.52. The van der Waals surface area contributed by atoms with Gasteiger partial charge in [0.2, 0.25) is 0 Å². The van der Waals surface area contributed by atoms with Crippen molar-refractivity contribution in [1.82, 2.24) is 5.32 Å². The molecule has 4 fully saturated rings. The van der Waals surface area contributed by atoms with Crippen LogP contribution in [-0.4, -0.2) is 13.6 Å². The van der Waals surface area contributed by atoms with Gasteiger partial charge in [-0.2, -0.15) is 0 Å². The van der Waals surface area contributed by atoms with Crippen molar-refractivity contribution >= 4 is 0 Å². The second-order valence-electron chi connectivity index (χ2n) is 6.11. The van der Waals surface area contributed by atoms with Crippen molar-refractivity contribution in [2.24, 2.45) is 23.2 Å². The van der Waals surface area contributed by atoms with E-state index in [0.29, 0.717) is 0 Å². The van der Waals surface area contributed by atoms with Crippen LogP contribution in [0.4, 0.5) is 0 Å². The molecule has 0 aromatic heterocycles. The van der Waals surface area contributed by atoms with Gasteiger partial charge in [0.05, 0.1) is 0 Å². The Morgan fingerprint density at radius 3 is 2.50 bits per heavy atom. The van der Waals surface area contributed by atoms with Crippen LogP contribution in [0, 0.1) is 23.2 Å². The van der Waals surface area contributed by atoms with Crippen LogP contribution in [0.25, 0.3) is 0 Å². The van der Waals surface area contributed by atoms with E-state index in [2.05, 4.69) is 12.4 Å². The molecule has 2 atom stereocenters. The van der Waals surface area contributed by atoms with Gasteiger partial charge in [0.15, 0.2) is 0 Å². The molecule has 1 heteroatoms. The van der Waals surface area contributed by atoms with Gasteiger partial charge < -0.3 is 5.32 Å². The maximum Gasteiger partial charge on any atom is -0.00517 e. The maximum atomic E-state index is 3.29. The Morgan fingerprint density at radius 2 is 1.86 bits per heavy atom. The number of hydrogen-bond acceptors (Lipinski definition) is 1. The third kappa shape index (κ3) is 1.25. The Kier molecular flexibility index (Phi) is 2.12. The Morgan fingerprint density at radius 1 is 1.14 bits per heavy atom. The van der Waals surface area contributed by atoms with Crippen molar-refractivity contribution in [2.75, 3.05) is 13.6 Å². The summed E-state index contributed by atoms with van der Waals surface area (Å²) in [5, 5.41) is 3.29. The lowest BCUT2D eigenvalue weighted by molar-refractivity contribution is 0.181. The van der Waals surface area contributed by atoms with E-state index in [1.807, 2.05) is 0 Å². The van der Waals surface area contributed by atoms with Crippen LogP contribution in [0.5, 0.6) is 0 Å². The van der Waals surface area contributed by atoms with Crippen LogP contribution in [-0.2, 0) is 0 Å². The zero-order valence-corrected chi connectivity index (χ0v) is 9.39. The minimum absolute atomic E-state index is 0.838. The predicted octanol–water partition coefficient (Wildman–Crippen LogP) is 2.81. The topological polar surface area (TPSA) is 12.0 Å². The summed E-state index contributed by atoms with van der Waals surface area (Å²) in [6, 6.07) is 0. The number of hydrogen-bond donors (Lipinski definition) is 1. The van der Waals surface area contributed by atoms with E-state index < -0.39 is 0 Å². The highest BCUT2D eigenvalue weighted by molar-refractivity contribution is 5.07. The normalized spacial score (nSPS) is 49.1. The Hall–Kier alpha value is -0.0400. The highest BCUT2D eigenvalue weighted by Gasteiger charge is 2.56. The molecule has 14 heavy (non-hydrogen) atoms. The van der Waals surface area contributed by atoms with Crippen LogP contribution in [0.2, 0.25) is 0 Å². The van der Waals surface area contributed by atoms with E-state index in [-0.39, 0.29) is 0 Å². The second-order valence-corrected chi connectivity index (χ2v) is 6.11. The average molecular weight is 193 g/mol. The summed E-state index contributed by atoms with van der Waals surface area (Å²) in [6.07, 6.45) is 10.9. The molecule has 0 heterocycles. The monoisotopic (exact) mass is 193 g/mol. The van der Waals surface area contributed by atoms with Gasteiger partial charge >= 0.3 is 0 Å². The molecule has 0 saturated heterocycles. The Labute approximate surface area is 87.7 Å². The lowest BCUT2D eigenvalue weighted by Gasteiger charge is -2.33. The van der Waals surface area contributed by atoms with Crippen LogP contribution in [0.1, 0.15) is 44.9 Å². The highest BCUT2D eigenvalue weighted by atomic mass is 14.8. The van der Waals surface area contributed by atoms with Crippen LogP contribution >= 0.6 is 0 Å². The van der Waals surface area contributed by atoms with Gasteiger partial charge in [-0.25, -0.2) is 0 Å². The molecule has 0 aromatic rings. The smallest absolute Gasteiger partial charge is 0.00517 e. The molecule has 80 valence electrons. The van der Waals surface area contributed by atoms with E-state index in [1.165, 1.54) is 19.4 Å². The lowest BCUT2D eigenvalue weighted by atomic mass is 9.73. The molecule has 1 N–H and O–H groups in total. The molecule has 0 spiro atoms. The predicted molar refractivity (Wildman–Crippen MR) is 59.1 cm³/mol. The second kappa shape index (κ2) is 3.23. The molecule has 2 unspecified atom stereocenters. The summed E-state index contributed by atoms with van der Waals surface area (Å²) in [7, 11) is 2.08. The van der Waals surface area contributed by atoms with Crippen LogP contribution in [0.15, 0.2) is 0 Å². The first-order valence-corrected chi connectivity index (χ1v) is 6.47. The van der Waals surface area contributed by atoms with Crippen LogP contribution in [0.3, 0.4) is 0 Å². The molecule has 4 rings (SSSR count). The van der Waals surface area contributed by atoms with E-state index in [0.717, 1.165) is 23.2 Å². The van der Waals surface area contributed by atoms with Crippen LogP contribution < -0.4 is 5.32 Å². The van der Waals surface area contributed by atoms with Crippen molar-refractivity contribution in [2.45, 2.75) is 44.9 Å². The third-order valence-electron chi connectivity index (χ3n) is 5.26.